The molecule has 0 fully saturated rings. The molecule has 0 N–H and O–H groups in total. The van der Waals surface area contributed by atoms with Crippen LogP contribution >= 0.6 is 0 Å². The summed E-state index contributed by atoms with van der Waals surface area (Å²) >= 11 is 0. The average molecular weight is 250 g/mol. The topological polar surface area (TPSA) is 0 Å². The lowest BCUT2D eigenvalue weighted by molar-refractivity contribution is 1.39. The molecule has 0 amide bonds. The van der Waals surface area contributed by atoms with Gasteiger partial charge in [-0.05, 0) is 59.6 Å². The molecule has 1 aromatic rings. The van der Waals surface area contributed by atoms with Crippen molar-refractivity contribution in [2.75, 3.05) is 0 Å². The summed E-state index contributed by atoms with van der Waals surface area (Å²) in [6.45, 7) is 18.1. The van der Waals surface area contributed by atoms with Crippen LogP contribution in [0, 0.1) is 0 Å². The van der Waals surface area contributed by atoms with E-state index in [1.165, 1.54) is 11.1 Å². The first-order valence-corrected chi connectivity index (χ1v) is 6.47. The van der Waals surface area contributed by atoms with E-state index in [0.29, 0.717) is 0 Å². The summed E-state index contributed by atoms with van der Waals surface area (Å²) < 4.78 is 0. The van der Waals surface area contributed by atoms with Crippen molar-refractivity contribution in [3.8, 4) is 0 Å². The minimum absolute atomic E-state index is 1.00. The quantitative estimate of drug-likeness (QED) is 0.706. The lowest BCUT2D eigenvalue weighted by atomic mass is 9.99. The van der Waals surface area contributed by atoms with Gasteiger partial charge < -0.3 is 0 Å². The molecule has 0 unspecified atom stereocenters. The molecule has 0 heteroatoms. The molecule has 0 aromatic heterocycles. The third-order valence-electron chi connectivity index (χ3n) is 3.33. The van der Waals surface area contributed by atoms with Crippen LogP contribution in [0.2, 0.25) is 0 Å². The summed E-state index contributed by atoms with van der Waals surface area (Å²) in [6, 6.07) is 4.05. The van der Waals surface area contributed by atoms with Crippen molar-refractivity contribution < 1.29 is 0 Å². The molecule has 0 spiro atoms. The van der Waals surface area contributed by atoms with E-state index >= 15 is 0 Å². The zero-order valence-corrected chi connectivity index (χ0v) is 12.2. The molecule has 1 aromatic carbocycles. The second-order valence-corrected chi connectivity index (χ2v) is 4.41. The summed E-state index contributed by atoms with van der Waals surface area (Å²) in [6.07, 6.45) is 10.1. The van der Waals surface area contributed by atoms with Crippen molar-refractivity contribution in [1.82, 2.24) is 0 Å². The number of hydrogen-bond acceptors (Lipinski definition) is 0. The van der Waals surface area contributed by atoms with Crippen LogP contribution < -0.4 is 10.4 Å². The van der Waals surface area contributed by atoms with Gasteiger partial charge in [-0.15, -0.1) is 0 Å². The Balaban J connectivity index is 3.71. The molecule has 0 aliphatic heterocycles. The summed E-state index contributed by atoms with van der Waals surface area (Å²) in [5, 5.41) is 2.12. The van der Waals surface area contributed by atoms with Gasteiger partial charge in [0, 0.05) is 0 Å². The van der Waals surface area contributed by atoms with Crippen molar-refractivity contribution in [2.24, 2.45) is 0 Å². The molecule has 1 rings (SSSR count). The van der Waals surface area contributed by atoms with Gasteiger partial charge in [0.25, 0.3) is 0 Å². The van der Waals surface area contributed by atoms with Crippen LogP contribution in [0.15, 0.2) is 48.6 Å². The Bertz CT molecular complexity index is 652. The molecule has 0 radical (unpaired) electrons. The summed E-state index contributed by atoms with van der Waals surface area (Å²) in [5.41, 5.74) is 4.63. The standard InChI is InChI=1S/C19H22/c1-7-14(5)17(9-3)13-19-15(6)11-12-16(8-2)18(19)10-4/h7-13H,2,4,6H2,1,3,5H3/b14-7-,17-9-,19-13+. The fourth-order valence-corrected chi connectivity index (χ4v) is 2.02. The molecule has 0 aliphatic carbocycles. The van der Waals surface area contributed by atoms with Crippen LogP contribution in [0.3, 0.4) is 0 Å². The van der Waals surface area contributed by atoms with Gasteiger partial charge in [0.05, 0.1) is 0 Å². The molecule has 98 valence electrons. The Hall–Kier alpha value is -2.08. The number of hydrogen-bond donors (Lipinski definition) is 0. The van der Waals surface area contributed by atoms with E-state index < -0.39 is 0 Å². The van der Waals surface area contributed by atoms with Gasteiger partial charge in [0.2, 0.25) is 0 Å². The highest BCUT2D eigenvalue weighted by atomic mass is 14.0. The Morgan fingerprint density at radius 3 is 2.21 bits per heavy atom. The van der Waals surface area contributed by atoms with Gasteiger partial charge in [0.1, 0.15) is 0 Å². The smallest absolute Gasteiger partial charge is 0.0106 e. The van der Waals surface area contributed by atoms with Gasteiger partial charge in [-0.1, -0.05) is 56.2 Å². The maximum absolute atomic E-state index is 4.12. The molecule has 19 heavy (non-hydrogen) atoms. The predicted octanol–water partition coefficient (Wildman–Crippen LogP) is 4.08. The first-order chi connectivity index (χ1) is 9.08. The average Bonchev–Trinajstić information content (AvgIpc) is 2.44. The van der Waals surface area contributed by atoms with E-state index in [2.05, 4.69) is 44.9 Å². The van der Waals surface area contributed by atoms with Crippen molar-refractivity contribution in [3.63, 3.8) is 0 Å². The van der Waals surface area contributed by atoms with Crippen molar-refractivity contribution in [3.05, 3.63) is 70.2 Å². The van der Waals surface area contributed by atoms with E-state index in [1.807, 2.05) is 38.1 Å². The van der Waals surface area contributed by atoms with Crippen LogP contribution in [0.1, 0.15) is 31.9 Å². The summed E-state index contributed by atoms with van der Waals surface area (Å²) in [7, 11) is 0. The molecule has 0 nitrogen and oxygen atoms in total. The second-order valence-electron chi connectivity index (χ2n) is 4.41. The monoisotopic (exact) mass is 250 g/mol. The van der Waals surface area contributed by atoms with Crippen LogP contribution in [-0.4, -0.2) is 0 Å². The van der Waals surface area contributed by atoms with Gasteiger partial charge >= 0.3 is 0 Å². The molecule has 0 bridgehead atoms. The molecular formula is C19H22. The molecule has 0 aliphatic rings. The van der Waals surface area contributed by atoms with Gasteiger partial charge in [-0.2, -0.15) is 0 Å². The summed E-state index contributed by atoms with van der Waals surface area (Å²) in [5.74, 6) is 0. The maximum Gasteiger partial charge on any atom is -0.0106 e. The van der Waals surface area contributed by atoms with Crippen molar-refractivity contribution in [2.45, 2.75) is 20.8 Å². The lowest BCUT2D eigenvalue weighted by Gasteiger charge is -2.06. The Labute approximate surface area is 116 Å². The first-order valence-electron chi connectivity index (χ1n) is 6.47. The van der Waals surface area contributed by atoms with Crippen LogP contribution in [0.4, 0.5) is 0 Å². The minimum atomic E-state index is 1.00. The zero-order valence-electron chi connectivity index (χ0n) is 12.2. The molecular weight excluding hydrogens is 228 g/mol. The Morgan fingerprint density at radius 2 is 1.74 bits per heavy atom. The van der Waals surface area contributed by atoms with Crippen LogP contribution in [0.25, 0.3) is 24.8 Å². The second kappa shape index (κ2) is 6.75. The van der Waals surface area contributed by atoms with E-state index in [9.17, 15) is 0 Å². The lowest BCUT2D eigenvalue weighted by Crippen LogP contribution is -2.27. The normalized spacial score (nSPS) is 13.5. The number of benzene rings is 1. The summed E-state index contributed by atoms with van der Waals surface area (Å²) in [4.78, 5) is 0. The van der Waals surface area contributed by atoms with Crippen LogP contribution in [0.5, 0.6) is 0 Å². The largest absolute Gasteiger partial charge is 0.0984 e. The third kappa shape index (κ3) is 3.23. The highest BCUT2D eigenvalue weighted by Crippen LogP contribution is 2.11. The molecule has 0 heterocycles. The van der Waals surface area contributed by atoms with Crippen molar-refractivity contribution >= 4 is 24.8 Å². The highest BCUT2D eigenvalue weighted by molar-refractivity contribution is 5.68. The Morgan fingerprint density at radius 1 is 1.05 bits per heavy atom. The fourth-order valence-electron chi connectivity index (χ4n) is 2.02. The van der Waals surface area contributed by atoms with Gasteiger partial charge in [0.15, 0.2) is 0 Å². The van der Waals surface area contributed by atoms with Crippen LogP contribution in [-0.2, 0) is 0 Å². The number of allylic oxidation sites excluding steroid dienone is 4. The van der Waals surface area contributed by atoms with E-state index in [0.717, 1.165) is 21.6 Å². The Kier molecular flexibility index (Phi) is 5.32. The highest BCUT2D eigenvalue weighted by Gasteiger charge is 2.00. The van der Waals surface area contributed by atoms with E-state index in [1.54, 1.807) is 0 Å². The first kappa shape index (κ1) is 15.0. The zero-order chi connectivity index (χ0) is 14.4. The number of rotatable bonds is 4. The van der Waals surface area contributed by atoms with Gasteiger partial charge in [-0.25, -0.2) is 0 Å². The minimum Gasteiger partial charge on any atom is -0.0984 e. The predicted molar refractivity (Wildman–Crippen MR) is 89.0 cm³/mol. The fraction of sp³-hybridized carbons (Fsp3) is 0.158. The molecule has 0 saturated heterocycles. The van der Waals surface area contributed by atoms with Crippen molar-refractivity contribution in [1.29, 1.82) is 0 Å². The van der Waals surface area contributed by atoms with Gasteiger partial charge in [-0.3, -0.25) is 0 Å². The third-order valence-corrected chi connectivity index (χ3v) is 3.33. The molecule has 0 atom stereocenters. The molecule has 0 saturated carbocycles. The van der Waals surface area contributed by atoms with E-state index in [-0.39, 0.29) is 0 Å². The van der Waals surface area contributed by atoms with E-state index in [4.69, 9.17) is 0 Å². The SMILES string of the molecule is C=Cc1ccc(=C)\c(=C/C(=C/C)C(/C)=C\C)c1C=C. The maximum atomic E-state index is 4.12.